The summed E-state index contributed by atoms with van der Waals surface area (Å²) in [5, 5.41) is 1.86. The number of hydrogen-bond donors (Lipinski definition) is 2. The minimum absolute atomic E-state index is 0.559. The van der Waals surface area contributed by atoms with E-state index in [1.807, 2.05) is 23.5 Å². The highest BCUT2D eigenvalue weighted by molar-refractivity contribution is 5.97. The van der Waals surface area contributed by atoms with Gasteiger partial charge in [-0.1, -0.05) is 30.3 Å². The Morgan fingerprint density at radius 3 is 2.25 bits per heavy atom. The minimum Gasteiger partial charge on any atom is -0.452 e. The summed E-state index contributed by atoms with van der Waals surface area (Å²) in [7, 11) is 0. The summed E-state index contributed by atoms with van der Waals surface area (Å²) in [5.41, 5.74) is 4.70. The van der Waals surface area contributed by atoms with Crippen molar-refractivity contribution in [2.75, 3.05) is 0 Å². The molecule has 0 heterocycles. The Kier molecular flexibility index (Phi) is 4.85. The molecule has 0 aromatic heterocycles. The van der Waals surface area contributed by atoms with Gasteiger partial charge in [0.15, 0.2) is 6.10 Å². The first kappa shape index (κ1) is 15.7. The van der Waals surface area contributed by atoms with E-state index in [9.17, 15) is 14.4 Å². The van der Waals surface area contributed by atoms with Crippen LogP contribution >= 0.6 is 0 Å². The lowest BCUT2D eigenvalue weighted by Crippen LogP contribution is -2.44. The maximum absolute atomic E-state index is 12.1. The van der Waals surface area contributed by atoms with Gasteiger partial charge in [-0.3, -0.25) is 14.9 Å². The molecule has 6 nitrogen and oxygen atoms in total. The first-order chi connectivity index (χ1) is 9.25. The molecule has 0 aliphatic rings. The minimum atomic E-state index is -1.10. The lowest BCUT2D eigenvalue weighted by Gasteiger charge is -2.24. The molecule has 0 saturated heterocycles. The van der Waals surface area contributed by atoms with E-state index in [0.717, 1.165) is 5.56 Å². The summed E-state index contributed by atoms with van der Waals surface area (Å²) in [6, 6.07) is 8.08. The Bertz CT molecular complexity index is 511. The number of amides is 3. The standard InChI is InChI=1S/C14H18N2O4/c1-9(11(17)16-13(15)19)20-12(18)14(2,3)10-7-5-4-6-8-10/h4-9H,1-3H3,(H3,15,16,17,19)/t9-/m0/s1. The number of esters is 1. The maximum atomic E-state index is 12.1. The van der Waals surface area contributed by atoms with Gasteiger partial charge in [-0.2, -0.15) is 0 Å². The van der Waals surface area contributed by atoms with Crippen molar-refractivity contribution in [2.45, 2.75) is 32.3 Å². The van der Waals surface area contributed by atoms with Gasteiger partial charge in [0.25, 0.3) is 5.91 Å². The van der Waals surface area contributed by atoms with Crippen LogP contribution in [-0.4, -0.2) is 24.0 Å². The smallest absolute Gasteiger partial charge is 0.318 e. The molecule has 0 saturated carbocycles. The number of rotatable bonds is 4. The highest BCUT2D eigenvalue weighted by atomic mass is 16.5. The second kappa shape index (κ2) is 6.18. The predicted molar refractivity (Wildman–Crippen MR) is 72.7 cm³/mol. The summed E-state index contributed by atoms with van der Waals surface area (Å²) in [4.78, 5) is 34.2. The molecule has 3 amide bonds. The first-order valence-electron chi connectivity index (χ1n) is 6.12. The van der Waals surface area contributed by atoms with Crippen LogP contribution in [0.2, 0.25) is 0 Å². The van der Waals surface area contributed by atoms with Crippen LogP contribution in [0.3, 0.4) is 0 Å². The summed E-state index contributed by atoms with van der Waals surface area (Å²) in [6.45, 7) is 4.77. The Morgan fingerprint density at radius 1 is 1.20 bits per heavy atom. The molecular formula is C14H18N2O4. The van der Waals surface area contributed by atoms with Crippen molar-refractivity contribution in [3.63, 3.8) is 0 Å². The van der Waals surface area contributed by atoms with Crippen molar-refractivity contribution in [3.8, 4) is 0 Å². The lowest BCUT2D eigenvalue weighted by atomic mass is 9.85. The highest BCUT2D eigenvalue weighted by Gasteiger charge is 2.33. The number of primary amides is 1. The average molecular weight is 278 g/mol. The molecule has 0 spiro atoms. The van der Waals surface area contributed by atoms with Crippen LogP contribution in [0.4, 0.5) is 4.79 Å². The lowest BCUT2D eigenvalue weighted by molar-refractivity contribution is -0.159. The van der Waals surface area contributed by atoms with Gasteiger partial charge in [0.2, 0.25) is 0 Å². The van der Waals surface area contributed by atoms with E-state index in [-0.39, 0.29) is 0 Å². The molecule has 0 bridgehead atoms. The van der Waals surface area contributed by atoms with Gasteiger partial charge < -0.3 is 10.5 Å². The SMILES string of the molecule is C[C@H](OC(=O)C(C)(C)c1ccccc1)C(=O)NC(N)=O. The van der Waals surface area contributed by atoms with E-state index >= 15 is 0 Å². The third-order valence-electron chi connectivity index (χ3n) is 2.91. The fourth-order valence-corrected chi connectivity index (χ4v) is 1.56. The predicted octanol–water partition coefficient (Wildman–Crippen LogP) is 1.09. The number of hydrogen-bond acceptors (Lipinski definition) is 4. The zero-order chi connectivity index (χ0) is 15.3. The maximum Gasteiger partial charge on any atom is 0.318 e. The van der Waals surface area contributed by atoms with E-state index in [1.165, 1.54) is 6.92 Å². The van der Waals surface area contributed by atoms with E-state index in [2.05, 4.69) is 0 Å². The van der Waals surface area contributed by atoms with E-state index in [0.29, 0.717) is 0 Å². The normalized spacial score (nSPS) is 12.3. The molecule has 0 aliphatic carbocycles. The third kappa shape index (κ3) is 3.81. The zero-order valence-electron chi connectivity index (χ0n) is 11.7. The number of benzene rings is 1. The molecule has 108 valence electrons. The van der Waals surface area contributed by atoms with Gasteiger partial charge in [0, 0.05) is 0 Å². The fraction of sp³-hybridized carbons (Fsp3) is 0.357. The van der Waals surface area contributed by atoms with Crippen molar-refractivity contribution in [3.05, 3.63) is 35.9 Å². The van der Waals surface area contributed by atoms with Crippen LogP contribution in [0.25, 0.3) is 0 Å². The largest absolute Gasteiger partial charge is 0.452 e. The highest BCUT2D eigenvalue weighted by Crippen LogP contribution is 2.24. The Hall–Kier alpha value is -2.37. The molecule has 0 unspecified atom stereocenters. The monoisotopic (exact) mass is 278 g/mol. The average Bonchev–Trinajstić information content (AvgIpc) is 2.38. The number of nitrogens with one attached hydrogen (secondary N) is 1. The molecule has 1 rings (SSSR count). The van der Waals surface area contributed by atoms with Gasteiger partial charge in [-0.05, 0) is 26.3 Å². The van der Waals surface area contributed by atoms with Gasteiger partial charge in [0.05, 0.1) is 5.41 Å². The quantitative estimate of drug-likeness (QED) is 0.805. The number of nitrogens with two attached hydrogens (primary N) is 1. The topological polar surface area (TPSA) is 98.5 Å². The molecule has 1 aromatic rings. The van der Waals surface area contributed by atoms with Crippen LogP contribution in [0.1, 0.15) is 26.3 Å². The van der Waals surface area contributed by atoms with Gasteiger partial charge in [-0.25, -0.2) is 4.79 Å². The number of carbonyl (C=O) groups excluding carboxylic acids is 3. The van der Waals surface area contributed by atoms with Crippen LogP contribution in [-0.2, 0) is 19.7 Å². The number of ether oxygens (including phenoxy) is 1. The molecule has 0 fully saturated rings. The molecule has 0 radical (unpaired) electrons. The van der Waals surface area contributed by atoms with Crippen molar-refractivity contribution < 1.29 is 19.1 Å². The number of imide groups is 1. The third-order valence-corrected chi connectivity index (χ3v) is 2.91. The van der Waals surface area contributed by atoms with Crippen molar-refractivity contribution in [2.24, 2.45) is 5.73 Å². The van der Waals surface area contributed by atoms with Crippen LogP contribution in [0.5, 0.6) is 0 Å². The van der Waals surface area contributed by atoms with Crippen molar-refractivity contribution in [1.82, 2.24) is 5.32 Å². The number of urea groups is 1. The molecule has 0 aliphatic heterocycles. The first-order valence-corrected chi connectivity index (χ1v) is 6.12. The molecule has 1 atom stereocenters. The summed E-state index contributed by atoms with van der Waals surface area (Å²) >= 11 is 0. The van der Waals surface area contributed by atoms with Crippen molar-refractivity contribution >= 4 is 17.9 Å². The van der Waals surface area contributed by atoms with Crippen LogP contribution in [0.15, 0.2) is 30.3 Å². The second-order valence-corrected chi connectivity index (χ2v) is 4.89. The molecule has 6 heteroatoms. The molecular weight excluding hydrogens is 260 g/mol. The van der Waals surface area contributed by atoms with E-state index in [1.54, 1.807) is 26.0 Å². The summed E-state index contributed by atoms with van der Waals surface area (Å²) < 4.78 is 5.07. The number of carbonyl (C=O) groups is 3. The Labute approximate surface area is 117 Å². The van der Waals surface area contributed by atoms with Crippen LogP contribution < -0.4 is 11.1 Å². The van der Waals surface area contributed by atoms with Gasteiger partial charge in [0.1, 0.15) is 0 Å². The zero-order valence-corrected chi connectivity index (χ0v) is 11.7. The second-order valence-electron chi connectivity index (χ2n) is 4.89. The van der Waals surface area contributed by atoms with E-state index in [4.69, 9.17) is 10.5 Å². The Balaban J connectivity index is 2.75. The molecule has 1 aromatic carbocycles. The summed E-state index contributed by atoms with van der Waals surface area (Å²) in [6.07, 6.45) is -1.10. The fourth-order valence-electron chi connectivity index (χ4n) is 1.56. The van der Waals surface area contributed by atoms with Gasteiger partial charge >= 0.3 is 12.0 Å². The van der Waals surface area contributed by atoms with Crippen molar-refractivity contribution in [1.29, 1.82) is 0 Å². The van der Waals surface area contributed by atoms with Gasteiger partial charge in [-0.15, -0.1) is 0 Å². The van der Waals surface area contributed by atoms with E-state index < -0.39 is 29.4 Å². The summed E-state index contributed by atoms with van der Waals surface area (Å²) in [5.74, 6) is -1.31. The Morgan fingerprint density at radius 2 is 1.75 bits per heavy atom. The van der Waals surface area contributed by atoms with Crippen LogP contribution in [0, 0.1) is 0 Å². The molecule has 20 heavy (non-hydrogen) atoms. The molecule has 3 N–H and O–H groups in total.